The lowest BCUT2D eigenvalue weighted by atomic mass is 9.96. The van der Waals surface area contributed by atoms with Crippen molar-refractivity contribution in [3.63, 3.8) is 0 Å². The number of nitro groups is 1. The summed E-state index contributed by atoms with van der Waals surface area (Å²) >= 11 is 0. The van der Waals surface area contributed by atoms with Gasteiger partial charge in [0.2, 0.25) is 0 Å². The van der Waals surface area contributed by atoms with Gasteiger partial charge in [-0.05, 0) is 18.9 Å². The molecule has 0 aliphatic heterocycles. The summed E-state index contributed by atoms with van der Waals surface area (Å²) in [6.45, 7) is 0. The maximum absolute atomic E-state index is 12.3. The van der Waals surface area contributed by atoms with Crippen LogP contribution < -0.4 is 5.32 Å². The maximum atomic E-state index is 12.3. The molecule has 1 aliphatic carbocycles. The van der Waals surface area contributed by atoms with Gasteiger partial charge >= 0.3 is 6.03 Å². The molecule has 1 fully saturated rings. The normalized spacial score (nSPS) is 16.0. The second-order valence-corrected chi connectivity index (χ2v) is 5.34. The van der Waals surface area contributed by atoms with Gasteiger partial charge in [0.1, 0.15) is 0 Å². The molecule has 0 radical (unpaired) electrons. The number of hydrogen-bond acceptors (Lipinski definition) is 4. The lowest BCUT2D eigenvalue weighted by Crippen LogP contribution is -2.39. The van der Waals surface area contributed by atoms with Crippen LogP contribution in [-0.2, 0) is 0 Å². The number of amides is 1. The van der Waals surface area contributed by atoms with E-state index < -0.39 is 4.92 Å². The summed E-state index contributed by atoms with van der Waals surface area (Å²) in [7, 11) is 0. The molecule has 21 heavy (non-hydrogen) atoms. The second kappa shape index (κ2) is 5.51. The van der Waals surface area contributed by atoms with Crippen LogP contribution in [0.25, 0.3) is 10.9 Å². The fraction of sp³-hybridized carbons (Fsp3) is 0.429. The molecule has 1 aromatic heterocycles. The minimum Gasteiger partial charge on any atom is -0.333 e. The van der Waals surface area contributed by atoms with Crippen LogP contribution in [0.4, 0.5) is 10.5 Å². The van der Waals surface area contributed by atoms with Crippen molar-refractivity contribution < 1.29 is 9.72 Å². The fourth-order valence-corrected chi connectivity index (χ4v) is 2.78. The van der Waals surface area contributed by atoms with Gasteiger partial charge in [-0.2, -0.15) is 9.78 Å². The number of fused-ring (bicyclic) bond motifs is 1. The van der Waals surface area contributed by atoms with Crippen LogP contribution in [0.3, 0.4) is 0 Å². The molecule has 0 unspecified atom stereocenters. The van der Waals surface area contributed by atoms with Gasteiger partial charge in [0, 0.05) is 23.6 Å². The van der Waals surface area contributed by atoms with Crippen molar-refractivity contribution in [3.05, 3.63) is 34.5 Å². The number of aromatic nitrogens is 2. The first kappa shape index (κ1) is 13.5. The summed E-state index contributed by atoms with van der Waals surface area (Å²) < 4.78 is 1.27. The highest BCUT2D eigenvalue weighted by Crippen LogP contribution is 2.21. The Kier molecular flexibility index (Phi) is 3.55. The van der Waals surface area contributed by atoms with Crippen molar-refractivity contribution in [2.75, 3.05) is 0 Å². The van der Waals surface area contributed by atoms with Crippen molar-refractivity contribution in [2.45, 2.75) is 38.1 Å². The lowest BCUT2D eigenvalue weighted by Gasteiger charge is -2.22. The minimum absolute atomic E-state index is 0.00487. The van der Waals surface area contributed by atoms with Crippen molar-refractivity contribution in [1.29, 1.82) is 0 Å². The molecule has 0 bridgehead atoms. The Bertz CT molecular complexity index is 689. The molecular formula is C14H16N4O3. The smallest absolute Gasteiger partial charge is 0.333 e. The molecule has 1 amide bonds. The number of nitro benzene ring substituents is 1. The Balaban J connectivity index is 1.83. The Labute approximate surface area is 121 Å². The number of non-ortho nitro benzene ring substituents is 1. The van der Waals surface area contributed by atoms with Gasteiger partial charge in [0.15, 0.2) is 0 Å². The molecule has 1 aliphatic rings. The average Bonchev–Trinajstić information content (AvgIpc) is 2.91. The molecular weight excluding hydrogens is 272 g/mol. The summed E-state index contributed by atoms with van der Waals surface area (Å²) in [5, 5.41) is 18.4. The van der Waals surface area contributed by atoms with Crippen LogP contribution in [0.5, 0.6) is 0 Å². The molecule has 7 heteroatoms. The number of rotatable bonds is 2. The number of hydrogen-bond donors (Lipinski definition) is 1. The summed E-state index contributed by atoms with van der Waals surface area (Å²) in [5.74, 6) is 0. The molecule has 0 spiro atoms. The Morgan fingerprint density at radius 2 is 2.10 bits per heavy atom. The predicted molar refractivity (Wildman–Crippen MR) is 77.2 cm³/mol. The quantitative estimate of drug-likeness (QED) is 0.679. The zero-order chi connectivity index (χ0) is 14.8. The number of nitrogens with zero attached hydrogens (tertiary/aromatic N) is 3. The van der Waals surface area contributed by atoms with Gasteiger partial charge in [-0.15, -0.1) is 0 Å². The van der Waals surface area contributed by atoms with E-state index in [2.05, 4.69) is 10.4 Å². The van der Waals surface area contributed by atoms with E-state index in [0.717, 1.165) is 25.7 Å². The molecule has 2 aromatic rings. The lowest BCUT2D eigenvalue weighted by molar-refractivity contribution is -0.384. The van der Waals surface area contributed by atoms with E-state index >= 15 is 0 Å². The third-order valence-electron chi connectivity index (χ3n) is 3.89. The molecule has 0 atom stereocenters. The second-order valence-electron chi connectivity index (χ2n) is 5.34. The van der Waals surface area contributed by atoms with Crippen molar-refractivity contribution in [1.82, 2.24) is 15.1 Å². The van der Waals surface area contributed by atoms with E-state index in [1.54, 1.807) is 6.07 Å². The minimum atomic E-state index is -0.459. The highest BCUT2D eigenvalue weighted by Gasteiger charge is 2.19. The van der Waals surface area contributed by atoms with Crippen molar-refractivity contribution in [3.8, 4) is 0 Å². The molecule has 0 saturated heterocycles. The first-order valence-electron chi connectivity index (χ1n) is 7.08. The molecule has 7 nitrogen and oxygen atoms in total. The Morgan fingerprint density at radius 3 is 2.81 bits per heavy atom. The predicted octanol–water partition coefficient (Wildman–Crippen LogP) is 2.83. The van der Waals surface area contributed by atoms with Crippen LogP contribution in [0, 0.1) is 10.1 Å². The number of carbonyl (C=O) groups excluding carboxylic acids is 1. The van der Waals surface area contributed by atoms with Crippen LogP contribution in [0.2, 0.25) is 0 Å². The highest BCUT2D eigenvalue weighted by molar-refractivity contribution is 5.90. The Hall–Kier alpha value is -2.44. The summed E-state index contributed by atoms with van der Waals surface area (Å²) in [4.78, 5) is 22.5. The van der Waals surface area contributed by atoms with E-state index in [4.69, 9.17) is 0 Å². The highest BCUT2D eigenvalue weighted by atomic mass is 16.6. The molecule has 1 aromatic carbocycles. The van der Waals surface area contributed by atoms with E-state index in [1.807, 2.05) is 0 Å². The molecule has 110 valence electrons. The van der Waals surface area contributed by atoms with Gasteiger partial charge < -0.3 is 5.32 Å². The summed E-state index contributed by atoms with van der Waals surface area (Å²) in [5.41, 5.74) is 0.573. The Morgan fingerprint density at radius 1 is 1.33 bits per heavy atom. The van der Waals surface area contributed by atoms with E-state index in [9.17, 15) is 14.9 Å². The van der Waals surface area contributed by atoms with Crippen LogP contribution in [0.15, 0.2) is 24.4 Å². The van der Waals surface area contributed by atoms with E-state index in [1.165, 1.54) is 29.4 Å². The SMILES string of the molecule is O=C(NC1CCCCC1)n1ncc2cc([N+](=O)[O-])ccc21. The zero-order valence-electron chi connectivity index (χ0n) is 11.5. The molecule has 1 saturated carbocycles. The fourth-order valence-electron chi connectivity index (χ4n) is 2.78. The first-order chi connectivity index (χ1) is 10.1. The van der Waals surface area contributed by atoms with Crippen LogP contribution >= 0.6 is 0 Å². The third kappa shape index (κ3) is 2.72. The average molecular weight is 288 g/mol. The van der Waals surface area contributed by atoms with E-state index in [-0.39, 0.29) is 17.8 Å². The van der Waals surface area contributed by atoms with E-state index in [0.29, 0.717) is 10.9 Å². The van der Waals surface area contributed by atoms with Gasteiger partial charge in [-0.25, -0.2) is 4.79 Å². The topological polar surface area (TPSA) is 90.1 Å². The van der Waals surface area contributed by atoms with Gasteiger partial charge in [0.05, 0.1) is 16.6 Å². The largest absolute Gasteiger partial charge is 0.342 e. The molecule has 1 N–H and O–H groups in total. The van der Waals surface area contributed by atoms with Gasteiger partial charge in [0.25, 0.3) is 5.69 Å². The van der Waals surface area contributed by atoms with Gasteiger partial charge in [-0.1, -0.05) is 19.3 Å². The summed E-state index contributed by atoms with van der Waals surface area (Å²) in [6.07, 6.45) is 6.96. The van der Waals surface area contributed by atoms with Crippen LogP contribution in [-0.4, -0.2) is 26.8 Å². The third-order valence-corrected chi connectivity index (χ3v) is 3.89. The molecule has 1 heterocycles. The number of carbonyl (C=O) groups is 1. The maximum Gasteiger partial charge on any atom is 0.342 e. The van der Waals surface area contributed by atoms with Crippen molar-refractivity contribution in [2.24, 2.45) is 0 Å². The number of nitrogens with one attached hydrogen (secondary N) is 1. The zero-order valence-corrected chi connectivity index (χ0v) is 11.5. The van der Waals surface area contributed by atoms with Crippen molar-refractivity contribution >= 4 is 22.6 Å². The first-order valence-corrected chi connectivity index (χ1v) is 7.08. The molecule has 3 rings (SSSR count). The summed E-state index contributed by atoms with van der Waals surface area (Å²) in [6, 6.07) is 4.29. The number of benzene rings is 1. The monoisotopic (exact) mass is 288 g/mol. The van der Waals surface area contributed by atoms with Crippen LogP contribution in [0.1, 0.15) is 32.1 Å². The van der Waals surface area contributed by atoms with Gasteiger partial charge in [-0.3, -0.25) is 10.1 Å². The standard InChI is InChI=1S/C14H16N4O3/c19-14(16-11-4-2-1-3-5-11)17-13-7-6-12(18(20)21)8-10(13)9-15-17/h6-9,11H,1-5H2,(H,16,19).